The monoisotopic (exact) mass is 356 g/mol. The second-order valence-electron chi connectivity index (χ2n) is 5.45. The van der Waals surface area contributed by atoms with Crippen LogP contribution in [0.15, 0.2) is 63.6 Å². The van der Waals surface area contributed by atoms with Gasteiger partial charge in [-0.1, -0.05) is 18.2 Å². The molecule has 0 spiro atoms. The number of phenolic OH excluding ortho intramolecular Hbond substituents is 1. The van der Waals surface area contributed by atoms with Crippen LogP contribution in [0.2, 0.25) is 0 Å². The number of aromatic nitrogens is 1. The van der Waals surface area contributed by atoms with Crippen LogP contribution in [0.1, 0.15) is 11.1 Å². The van der Waals surface area contributed by atoms with Gasteiger partial charge in [-0.25, -0.2) is 0 Å². The maximum Gasteiger partial charge on any atom is 0.268 e. The number of nitrogens with one attached hydrogen (secondary N) is 1. The maximum absolute atomic E-state index is 12.0. The number of anilines is 1. The number of phenols is 1. The van der Waals surface area contributed by atoms with E-state index in [-0.39, 0.29) is 33.8 Å². The van der Waals surface area contributed by atoms with Gasteiger partial charge in [0.1, 0.15) is 34.8 Å². The molecule has 4 N–H and O–H groups in total. The molecular formula is C19H12N6O2. The van der Waals surface area contributed by atoms with Gasteiger partial charge in [0, 0.05) is 11.1 Å². The first-order valence-corrected chi connectivity index (χ1v) is 7.71. The molecule has 3 aromatic rings. The van der Waals surface area contributed by atoms with E-state index in [2.05, 4.69) is 15.2 Å². The summed E-state index contributed by atoms with van der Waals surface area (Å²) in [4.78, 5) is 14.3. The highest BCUT2D eigenvalue weighted by Crippen LogP contribution is 2.37. The van der Waals surface area contributed by atoms with Crippen molar-refractivity contribution in [2.75, 3.05) is 5.73 Å². The summed E-state index contributed by atoms with van der Waals surface area (Å²) in [6, 6.07) is 16.9. The minimum atomic E-state index is -0.750. The number of nitriles is 2. The topological polar surface area (TPSA) is 151 Å². The van der Waals surface area contributed by atoms with Crippen molar-refractivity contribution >= 4 is 17.2 Å². The van der Waals surface area contributed by atoms with Crippen LogP contribution >= 0.6 is 0 Å². The molecule has 0 aliphatic heterocycles. The standard InChI is InChI=1S/C19H12N6O2/c20-9-14-17(15(10-21)19(27)23-18(14)22)13-8-12(6-7-16(13)26)25-24-11-4-2-1-3-5-11/h1-8,26H,(H3,22,23,27). The fourth-order valence-electron chi connectivity index (χ4n) is 2.51. The molecule has 2 aromatic carbocycles. The Kier molecular flexibility index (Phi) is 4.65. The smallest absolute Gasteiger partial charge is 0.268 e. The molecule has 0 unspecified atom stereocenters. The predicted octanol–water partition coefficient (Wildman–Crippen LogP) is 3.49. The van der Waals surface area contributed by atoms with Crippen molar-refractivity contribution in [1.29, 1.82) is 10.5 Å². The van der Waals surface area contributed by atoms with E-state index >= 15 is 0 Å². The highest BCUT2D eigenvalue weighted by molar-refractivity contribution is 5.84. The van der Waals surface area contributed by atoms with E-state index in [9.17, 15) is 20.4 Å². The van der Waals surface area contributed by atoms with E-state index in [1.165, 1.54) is 18.2 Å². The highest BCUT2D eigenvalue weighted by atomic mass is 16.3. The summed E-state index contributed by atoms with van der Waals surface area (Å²) in [5, 5.41) is 37.2. The molecule has 0 amide bonds. The number of nitrogen functional groups attached to an aromatic ring is 1. The summed E-state index contributed by atoms with van der Waals surface area (Å²) < 4.78 is 0. The molecule has 0 aliphatic rings. The van der Waals surface area contributed by atoms with Gasteiger partial charge in [-0.2, -0.15) is 20.8 Å². The van der Waals surface area contributed by atoms with Gasteiger partial charge >= 0.3 is 0 Å². The SMILES string of the molecule is N#Cc1c(N)[nH]c(=O)c(C#N)c1-c1cc(N=Nc2ccccc2)ccc1O. The van der Waals surface area contributed by atoms with E-state index in [1.807, 2.05) is 24.3 Å². The minimum absolute atomic E-state index is 0.0458. The fourth-order valence-corrected chi connectivity index (χ4v) is 2.51. The maximum atomic E-state index is 12.0. The summed E-state index contributed by atoms with van der Waals surface area (Å²) in [6.07, 6.45) is 0. The van der Waals surface area contributed by atoms with Crippen LogP contribution in [0.25, 0.3) is 11.1 Å². The number of hydrogen-bond acceptors (Lipinski definition) is 7. The third-order valence-corrected chi connectivity index (χ3v) is 3.75. The molecule has 0 saturated carbocycles. The molecule has 8 nitrogen and oxygen atoms in total. The lowest BCUT2D eigenvalue weighted by atomic mass is 9.95. The van der Waals surface area contributed by atoms with Crippen molar-refractivity contribution in [3.8, 4) is 29.0 Å². The van der Waals surface area contributed by atoms with Gasteiger partial charge in [-0.15, -0.1) is 0 Å². The van der Waals surface area contributed by atoms with E-state index in [4.69, 9.17) is 5.73 Å². The largest absolute Gasteiger partial charge is 0.507 e. The molecule has 0 fully saturated rings. The van der Waals surface area contributed by atoms with Crippen LogP contribution < -0.4 is 11.3 Å². The molecule has 130 valence electrons. The molecule has 0 atom stereocenters. The van der Waals surface area contributed by atoms with Crippen molar-refractivity contribution in [3.05, 3.63) is 70.0 Å². The van der Waals surface area contributed by atoms with E-state index in [0.717, 1.165) is 0 Å². The highest BCUT2D eigenvalue weighted by Gasteiger charge is 2.20. The van der Waals surface area contributed by atoms with Crippen molar-refractivity contribution in [2.24, 2.45) is 10.2 Å². The Hall–Kier alpha value is -4.43. The Bertz CT molecular complexity index is 1180. The number of aromatic hydroxyl groups is 1. The predicted molar refractivity (Wildman–Crippen MR) is 98.6 cm³/mol. The molecule has 0 aliphatic carbocycles. The molecule has 0 saturated heterocycles. The van der Waals surface area contributed by atoms with Crippen LogP contribution in [-0.4, -0.2) is 10.1 Å². The van der Waals surface area contributed by atoms with Crippen molar-refractivity contribution in [3.63, 3.8) is 0 Å². The van der Waals surface area contributed by atoms with Crippen LogP contribution in [0.4, 0.5) is 17.2 Å². The average Bonchev–Trinajstić information content (AvgIpc) is 2.68. The summed E-state index contributed by atoms with van der Waals surface area (Å²) in [7, 11) is 0. The zero-order valence-electron chi connectivity index (χ0n) is 13.8. The van der Waals surface area contributed by atoms with E-state index < -0.39 is 5.56 Å². The number of rotatable bonds is 3. The summed E-state index contributed by atoms with van der Waals surface area (Å²) in [5.41, 5.74) is 5.55. The number of H-pyrrole nitrogens is 1. The zero-order chi connectivity index (χ0) is 19.4. The van der Waals surface area contributed by atoms with Gasteiger partial charge in [-0.05, 0) is 30.3 Å². The molecular weight excluding hydrogens is 344 g/mol. The van der Waals surface area contributed by atoms with Crippen LogP contribution in [0.3, 0.4) is 0 Å². The number of nitrogens with two attached hydrogens (primary N) is 1. The van der Waals surface area contributed by atoms with E-state index in [1.54, 1.807) is 18.2 Å². The molecule has 3 rings (SSSR count). The summed E-state index contributed by atoms with van der Waals surface area (Å²) in [5.74, 6) is -0.418. The quantitative estimate of drug-likeness (QED) is 0.613. The Morgan fingerprint density at radius 1 is 0.963 bits per heavy atom. The first kappa shape index (κ1) is 17.4. The average molecular weight is 356 g/mol. The number of pyridine rings is 1. The molecule has 0 radical (unpaired) electrons. The van der Waals surface area contributed by atoms with Crippen LogP contribution in [0, 0.1) is 22.7 Å². The zero-order valence-corrected chi connectivity index (χ0v) is 13.8. The van der Waals surface area contributed by atoms with Crippen molar-refractivity contribution < 1.29 is 5.11 Å². The first-order valence-electron chi connectivity index (χ1n) is 7.71. The number of azo groups is 1. The van der Waals surface area contributed by atoms with Crippen LogP contribution in [0.5, 0.6) is 5.75 Å². The van der Waals surface area contributed by atoms with Crippen molar-refractivity contribution in [1.82, 2.24) is 4.98 Å². The third-order valence-electron chi connectivity index (χ3n) is 3.75. The fraction of sp³-hybridized carbons (Fsp3) is 0. The van der Waals surface area contributed by atoms with Gasteiger partial charge in [0.15, 0.2) is 0 Å². The molecule has 8 heteroatoms. The number of nitrogens with zero attached hydrogens (tertiary/aromatic N) is 4. The van der Waals surface area contributed by atoms with Gasteiger partial charge in [0.05, 0.1) is 11.4 Å². The Labute approximate surface area is 153 Å². The number of hydrogen-bond donors (Lipinski definition) is 3. The number of aromatic amines is 1. The second-order valence-corrected chi connectivity index (χ2v) is 5.45. The number of benzene rings is 2. The molecule has 27 heavy (non-hydrogen) atoms. The van der Waals surface area contributed by atoms with E-state index in [0.29, 0.717) is 11.4 Å². The second kappa shape index (κ2) is 7.21. The Morgan fingerprint density at radius 2 is 1.63 bits per heavy atom. The van der Waals surface area contributed by atoms with Crippen molar-refractivity contribution in [2.45, 2.75) is 0 Å². The first-order chi connectivity index (χ1) is 13.0. The summed E-state index contributed by atoms with van der Waals surface area (Å²) in [6.45, 7) is 0. The normalized spacial score (nSPS) is 10.4. The van der Waals surface area contributed by atoms with Crippen LogP contribution in [-0.2, 0) is 0 Å². The third kappa shape index (κ3) is 3.36. The lowest BCUT2D eigenvalue weighted by Crippen LogP contribution is -2.16. The summed E-state index contributed by atoms with van der Waals surface area (Å²) >= 11 is 0. The lowest BCUT2D eigenvalue weighted by Gasteiger charge is -2.10. The Balaban J connectivity index is 2.20. The molecule has 0 bridgehead atoms. The Morgan fingerprint density at radius 3 is 2.30 bits per heavy atom. The van der Waals surface area contributed by atoms with Gasteiger partial charge in [0.25, 0.3) is 5.56 Å². The van der Waals surface area contributed by atoms with Gasteiger partial charge < -0.3 is 15.8 Å². The molecule has 1 aromatic heterocycles. The van der Waals surface area contributed by atoms with Gasteiger partial charge in [0.2, 0.25) is 0 Å². The molecule has 1 heterocycles. The van der Waals surface area contributed by atoms with Gasteiger partial charge in [-0.3, -0.25) is 4.79 Å². The lowest BCUT2D eigenvalue weighted by molar-refractivity contribution is 0.477. The minimum Gasteiger partial charge on any atom is -0.507 e.